The summed E-state index contributed by atoms with van der Waals surface area (Å²) >= 11 is 15.6. The molecule has 6 aromatic heterocycles. The Hall–Kier alpha value is -11.1. The number of oxime groups is 1. The predicted molar refractivity (Wildman–Crippen MR) is 508 cm³/mol. The van der Waals surface area contributed by atoms with Crippen molar-refractivity contribution in [2.75, 3.05) is 5.73 Å². The number of nitrogens with zero attached hydrogens (tertiary/aromatic N) is 12. The predicted octanol–water partition coefficient (Wildman–Crippen LogP) is 19.0. The number of alkyl carbamates (subject to hydrolysis) is 1. The van der Waals surface area contributed by atoms with E-state index < -0.39 is 227 Å². The standard InChI is InChI=1S/C23H21BrF3N3O4.C18H13BrF3N3O2.C16H17BrF3N3O3.C11H11BrF2N2O.C11H11F3N4O.C10H10BrF3N2O.C5H5F2NO/c1-22(2,3)34-21(32)30(18(31)12-7-5-4-6-8-12)20-29-23(19(26)27,14-10-16(14)33-20)15-9-13(24)11-28-17(15)25;19-10-6-12(14(20)23-8-10)18(16(21)22)11-7-13(11)27-17(25-18)24-15(26)9-4-2-1-3-5-9;1-15(2,3)26-14(24)22-13-23-16(12(19)20,8-5-10(8)25-13)9-4-7(17)6-21-11(9)18;1-5(13)11(7-3-9(7)17-16-11)8-2-6(12)4-15-10(8)14;12-8-6(1-4(15)3-17-8)11(9(13)14)5-2-7(5)19-10(16)18-11;11-4-1-6(8(12)16-3-4)10(15,9(13)14)5-2-7(5)17;6-5(7)4-2-1-3(2)9-8-4/h4-9,11,14,16,19H,10H2,1-3H3;1-6,8,11,13,16H,7H2,(H,24,25,26);4,6,8,10,12H,5H2,1-3H3,(H,22,23,24);2,4-5,7,9,16H,3H2,1H3;1,3,5,7,9H,2,15H2,(H2,16,18);1,3,5,7,9,17H,2,15H2;2-3,5H,1H2/t14-,16+,23-;11-,13+,18-;8-,10+,16-;5?,7-,9+,11-;5-,7+,11-;5-,7+,10-;/m000000./s1. The first-order chi connectivity index (χ1) is 70.0. The van der Waals surface area contributed by atoms with Crippen molar-refractivity contribution in [1.29, 1.82) is 0 Å². The molecule has 12 heterocycles. The number of benzene rings is 2. The van der Waals surface area contributed by atoms with Gasteiger partial charge in [0.1, 0.15) is 64.7 Å². The second-order valence-corrected chi connectivity index (χ2v) is 42.8. The van der Waals surface area contributed by atoms with Crippen LogP contribution < -0.4 is 33.3 Å². The van der Waals surface area contributed by atoms with Gasteiger partial charge in [-0.05, 0) is 234 Å². The highest BCUT2D eigenvalue weighted by atomic mass is 79.9. The van der Waals surface area contributed by atoms with E-state index in [2.05, 4.69) is 156 Å². The summed E-state index contributed by atoms with van der Waals surface area (Å²) in [7, 11) is 0. The maximum atomic E-state index is 14.7. The number of imide groups is 1. The van der Waals surface area contributed by atoms with E-state index in [1.54, 1.807) is 96.1 Å². The summed E-state index contributed by atoms with van der Waals surface area (Å²) in [4.78, 5) is 97.5. The summed E-state index contributed by atoms with van der Waals surface area (Å²) in [6.45, 7) is 11.1. The number of carbonyl (C=O) groups is 4. The van der Waals surface area contributed by atoms with Crippen LogP contribution in [0.1, 0.15) is 148 Å². The molecule has 8 fully saturated rings. The third kappa shape index (κ3) is 23.4. The summed E-state index contributed by atoms with van der Waals surface area (Å²) in [5.41, 5.74) is 4.13. The molecule has 6 aliphatic heterocycles. The lowest BCUT2D eigenvalue weighted by Crippen LogP contribution is -2.51. The molecule has 10 N–H and O–H groups in total. The lowest BCUT2D eigenvalue weighted by Gasteiger charge is -2.35. The number of hydroxylamine groups is 1. The Kier molecular flexibility index (Phi) is 32.7. The molecule has 8 aromatic rings. The maximum absolute atomic E-state index is 14.7. The molecule has 3 unspecified atom stereocenters. The van der Waals surface area contributed by atoms with E-state index in [1.807, 2.05) is 0 Å². The van der Waals surface area contributed by atoms with Crippen molar-refractivity contribution in [3.05, 3.63) is 237 Å². The Labute approximate surface area is 876 Å². The number of aliphatic hydroxyl groups excluding tert-OH is 1. The first kappa shape index (κ1) is 112. The molecule has 4 amide bonds. The van der Waals surface area contributed by atoms with Crippen LogP contribution in [0, 0.1) is 77.1 Å². The zero-order valence-corrected chi connectivity index (χ0v) is 86.2. The van der Waals surface area contributed by atoms with Gasteiger partial charge in [-0.1, -0.05) is 41.6 Å². The molecule has 21 atom stereocenters. The van der Waals surface area contributed by atoms with Gasteiger partial charge in [-0.3, -0.25) is 19.7 Å². The molecule has 2 aromatic carbocycles. The number of aromatic nitrogens is 6. The lowest BCUT2D eigenvalue weighted by molar-refractivity contribution is -0.0117. The van der Waals surface area contributed by atoms with E-state index in [0.29, 0.717) is 34.8 Å². The number of alkyl halides is 13. The van der Waals surface area contributed by atoms with Gasteiger partial charge in [0.25, 0.3) is 68.4 Å². The second kappa shape index (κ2) is 43.6. The van der Waals surface area contributed by atoms with Crippen LogP contribution in [0.3, 0.4) is 0 Å². The second-order valence-electron chi connectivity index (χ2n) is 38.2. The summed E-state index contributed by atoms with van der Waals surface area (Å²) in [6, 6.07) is 21.6. The van der Waals surface area contributed by atoms with Crippen LogP contribution in [0.2, 0.25) is 0 Å². The normalized spacial score (nSPS) is 28.5. The number of carbonyl (C=O) groups excluding carboxylic acids is 4. The largest absolute Gasteiger partial charge is 0.462 e. The van der Waals surface area contributed by atoms with Crippen molar-refractivity contribution in [3.63, 3.8) is 0 Å². The van der Waals surface area contributed by atoms with Gasteiger partial charge in [0.15, 0.2) is 22.2 Å². The zero-order chi connectivity index (χ0) is 109. The molecule has 0 spiro atoms. The highest BCUT2D eigenvalue weighted by molar-refractivity contribution is 9.11. The molecule has 13 aliphatic rings. The van der Waals surface area contributed by atoms with Gasteiger partial charge in [-0.15, -0.1) is 0 Å². The quantitative estimate of drug-likeness (QED) is 0.0349. The van der Waals surface area contributed by atoms with Crippen LogP contribution >= 0.6 is 79.6 Å². The van der Waals surface area contributed by atoms with E-state index in [-0.39, 0.29) is 111 Å². The van der Waals surface area contributed by atoms with Gasteiger partial charge in [0.2, 0.25) is 35.7 Å². The SMILES string of the molecule is CC(C)(C)OC(=O)N(C(=O)c1ccccc1)C1=N[C@@](c2cc(Br)cnc2F)(C(F)F)[C@H]2C[C@H]2O1.CC(C)(C)OC(=O)NC1=N[C@@](c2cc(Br)cnc2F)(C(F)F)[C@H]2C[C@H]2O1.CC(F)[C@]1(c2cc(Br)cnc2F)NO[C@@H]2C[C@@H]21.FC(F)C1=NOC2CC12.NC1=N[C@@](c2cc(N)cnc2F)(C(F)F)[C@H]2C[C@H]2O1.N[C@@](c1cc(Br)cnc1F)(C(F)F)[C@H]1C[C@H]1O.O=C(NC1=N[C@@](c2cc(Br)cnc2F)(C(F)F)[C@H]2C[C@H]2O1)c1ccccc1. The molecule has 800 valence electrons. The third-order valence-corrected chi connectivity index (χ3v) is 28.0. The molecule has 1 saturated heterocycles. The number of aliphatic imine (C=N–C) groups is 4. The number of amides is 4. The van der Waals surface area contributed by atoms with Crippen molar-refractivity contribution >= 4 is 139 Å². The van der Waals surface area contributed by atoms with Crippen molar-refractivity contribution < 1.29 is 146 Å². The highest BCUT2D eigenvalue weighted by Gasteiger charge is 2.71. The summed E-state index contributed by atoms with van der Waals surface area (Å²) < 4.78 is 295. The smallest absolute Gasteiger partial charge is 0.425 e. The Morgan fingerprint density at radius 3 is 1.27 bits per heavy atom. The number of halogens is 24. The van der Waals surface area contributed by atoms with E-state index in [1.165, 1.54) is 61.9 Å². The number of nitrogens with one attached hydrogen (secondary N) is 3. The molecule has 0 bridgehead atoms. The van der Waals surface area contributed by atoms with E-state index in [4.69, 9.17) is 50.5 Å². The van der Waals surface area contributed by atoms with Crippen molar-refractivity contribution in [1.82, 2.24) is 50.9 Å². The minimum Gasteiger partial charge on any atom is -0.462 e. The van der Waals surface area contributed by atoms with E-state index in [0.717, 1.165) is 37.5 Å². The topological polar surface area (TPSA) is 419 Å². The number of amidine groups is 4. The number of anilines is 1. The minimum atomic E-state index is -3.18. The maximum Gasteiger partial charge on any atom is 0.425 e. The van der Waals surface area contributed by atoms with Crippen LogP contribution in [-0.4, -0.2) is 192 Å². The third-order valence-electron chi connectivity index (χ3n) is 25.8. The van der Waals surface area contributed by atoms with Crippen LogP contribution in [-0.2, 0) is 71.3 Å². The van der Waals surface area contributed by atoms with Crippen molar-refractivity contribution in [2.45, 2.75) is 225 Å². The molecule has 55 heteroatoms. The Bertz CT molecular complexity index is 6550. The number of ether oxygens (including phenoxy) is 6. The molecule has 21 rings (SSSR count). The number of pyridine rings is 6. The van der Waals surface area contributed by atoms with Crippen LogP contribution in [0.5, 0.6) is 0 Å². The number of aliphatic hydroxyl groups is 1. The average Bonchev–Trinajstić information content (AvgIpc) is 1.56. The van der Waals surface area contributed by atoms with Gasteiger partial charge < -0.3 is 55.6 Å². The molecular formula is C94H88Br5F19N18O13. The Morgan fingerprint density at radius 2 is 0.872 bits per heavy atom. The lowest BCUT2D eigenvalue weighted by atomic mass is 9.83. The highest BCUT2D eigenvalue weighted by Crippen LogP contribution is 2.62. The summed E-state index contributed by atoms with van der Waals surface area (Å²) in [5.74, 6) is -11.1. The fourth-order valence-electron chi connectivity index (χ4n) is 18.1. The number of nitrogen functional groups attached to an aromatic ring is 1. The fraction of sp³-hybridized carbons (Fsp3) is 0.457. The van der Waals surface area contributed by atoms with Gasteiger partial charge >= 0.3 is 18.2 Å². The summed E-state index contributed by atoms with van der Waals surface area (Å²) in [6.07, 6.45) is -14.4. The van der Waals surface area contributed by atoms with Crippen LogP contribution in [0.4, 0.5) is 98.7 Å². The van der Waals surface area contributed by atoms with Gasteiger partial charge in [-0.25, -0.2) is 122 Å². The summed E-state index contributed by atoms with van der Waals surface area (Å²) in [5, 5.41) is 17.1. The average molecular weight is 2440 g/mol. The van der Waals surface area contributed by atoms with E-state index >= 15 is 0 Å². The Balaban J connectivity index is 0.000000133. The van der Waals surface area contributed by atoms with E-state index in [9.17, 15) is 108 Å². The van der Waals surface area contributed by atoms with Crippen LogP contribution in [0.25, 0.3) is 0 Å². The number of nitrogens with two attached hydrogens (primary N) is 3. The molecule has 0 radical (unpaired) electrons. The fourth-order valence-corrected chi connectivity index (χ4v) is 19.7. The van der Waals surface area contributed by atoms with Gasteiger partial charge in [-0.2, -0.15) is 36.7 Å². The van der Waals surface area contributed by atoms with Crippen molar-refractivity contribution in [3.8, 4) is 0 Å². The minimum absolute atomic E-state index is 0.00556. The van der Waals surface area contributed by atoms with Crippen molar-refractivity contribution in [2.24, 2.45) is 78.0 Å². The molecular weight excluding hydrogens is 2350 g/mol. The number of hydrogen-bond acceptors (Lipinski definition) is 28. The van der Waals surface area contributed by atoms with Gasteiger partial charge in [0, 0.05) is 139 Å². The monoisotopic (exact) mass is 2430 g/mol. The van der Waals surface area contributed by atoms with Crippen LogP contribution in [0.15, 0.2) is 182 Å². The molecule has 31 nitrogen and oxygen atoms in total. The molecule has 149 heavy (non-hydrogen) atoms. The Morgan fingerprint density at radius 1 is 0.477 bits per heavy atom. The first-order valence-corrected chi connectivity index (χ1v) is 49.3. The number of rotatable bonds is 16. The molecule has 7 aliphatic carbocycles. The first-order valence-electron chi connectivity index (χ1n) is 45.3. The number of hydrogen-bond donors (Lipinski definition) is 7. The zero-order valence-electron chi connectivity index (χ0n) is 78.3. The molecule has 7 saturated carbocycles. The van der Waals surface area contributed by atoms with Gasteiger partial charge in [0.05, 0.1) is 24.1 Å². The number of fused-ring (bicyclic) bond motifs is 6.